The van der Waals surface area contributed by atoms with Crippen LogP contribution in [-0.4, -0.2) is 21.0 Å². The summed E-state index contributed by atoms with van der Waals surface area (Å²) in [6.45, 7) is 5.46. The number of carboxylic acid groups (broad SMARTS) is 1. The molecule has 0 unspecified atom stereocenters. The summed E-state index contributed by atoms with van der Waals surface area (Å²) in [5.41, 5.74) is 2.90. The quantitative estimate of drug-likeness (QED) is 0.553. The van der Waals surface area contributed by atoms with E-state index in [-0.39, 0.29) is 26.7 Å². The molecular weight excluding hydrogens is 175 g/mol. The van der Waals surface area contributed by atoms with Crippen molar-refractivity contribution in [2.24, 2.45) is 0 Å². The van der Waals surface area contributed by atoms with Gasteiger partial charge in [-0.05, 0) is 20.8 Å². The van der Waals surface area contributed by atoms with Gasteiger partial charge in [0.15, 0.2) is 0 Å². The van der Waals surface area contributed by atoms with Crippen LogP contribution in [0.5, 0.6) is 0 Å². The van der Waals surface area contributed by atoms with E-state index in [4.69, 9.17) is 5.11 Å². The third-order valence-corrected chi connectivity index (χ3v) is 1.90. The van der Waals surface area contributed by atoms with E-state index in [1.807, 2.05) is 13.8 Å². The smallest absolute Gasteiger partial charge is 1.00 e. The van der Waals surface area contributed by atoms with Gasteiger partial charge in [-0.15, -0.1) is 0 Å². The fourth-order valence-electron chi connectivity index (χ4n) is 1.07. The van der Waals surface area contributed by atoms with E-state index in [0.29, 0.717) is 11.4 Å². The first kappa shape index (κ1) is 13.1. The molecule has 0 atom stereocenters. The van der Waals surface area contributed by atoms with Crippen LogP contribution in [0.3, 0.4) is 0 Å². The molecule has 0 aliphatic carbocycles. The minimum atomic E-state index is -0.874. The summed E-state index contributed by atoms with van der Waals surface area (Å²) in [5, 5.41) is 8.58. The molecule has 0 fully saturated rings. The maximum Gasteiger partial charge on any atom is 1.00 e. The number of hydrogen-bond acceptors (Lipinski definition) is 3. The Kier molecular flexibility index (Phi) is 4.82. The number of rotatable bonds is 2. The predicted octanol–water partition coefficient (Wildman–Crippen LogP) is -1.85. The third-order valence-electron chi connectivity index (χ3n) is 1.90. The van der Waals surface area contributed by atoms with E-state index < -0.39 is 5.97 Å². The average Bonchev–Trinajstić information content (AvgIpc) is 1.99. The van der Waals surface area contributed by atoms with Crippen molar-refractivity contribution >= 4 is 5.97 Å². The molecule has 1 heterocycles. The monoisotopic (exact) mass is 188 g/mol. The van der Waals surface area contributed by atoms with E-state index >= 15 is 0 Å². The molecule has 0 spiro atoms. The van der Waals surface area contributed by atoms with Gasteiger partial charge < -0.3 is 6.53 Å². The zero-order valence-electron chi connectivity index (χ0n) is 9.96. The predicted molar refractivity (Wildman–Crippen MR) is 48.7 cm³/mol. The van der Waals surface area contributed by atoms with Crippen LogP contribution in [0.1, 0.15) is 24.2 Å². The second-order valence-electron chi connectivity index (χ2n) is 3.00. The van der Waals surface area contributed by atoms with Gasteiger partial charge in [0.05, 0.1) is 29.2 Å². The molecule has 0 amide bonds. The molecule has 72 valence electrons. The van der Waals surface area contributed by atoms with Gasteiger partial charge >= 0.3 is 24.8 Å². The molecule has 1 rings (SSSR count). The van der Waals surface area contributed by atoms with Gasteiger partial charge in [-0.2, -0.15) is 0 Å². The number of nitrogens with zero attached hydrogens (tertiary/aromatic N) is 2. The van der Waals surface area contributed by atoms with E-state index in [2.05, 4.69) is 9.97 Å². The number of aryl methyl sites for hydroxylation is 3. The van der Waals surface area contributed by atoms with Crippen molar-refractivity contribution in [2.45, 2.75) is 27.2 Å². The topological polar surface area (TPSA) is 63.1 Å². The maximum atomic E-state index is 10.4. The third kappa shape index (κ3) is 3.13. The van der Waals surface area contributed by atoms with Gasteiger partial charge in [0.25, 0.3) is 0 Å². The summed E-state index contributed by atoms with van der Waals surface area (Å²) in [5.74, 6) is -0.874. The molecule has 1 aromatic heterocycles. The van der Waals surface area contributed by atoms with Crippen LogP contribution in [0.25, 0.3) is 0 Å². The van der Waals surface area contributed by atoms with Crippen LogP contribution >= 0.6 is 0 Å². The second kappa shape index (κ2) is 5.13. The molecule has 0 bridgehead atoms. The van der Waals surface area contributed by atoms with Crippen LogP contribution in [0.2, 0.25) is 0 Å². The van der Waals surface area contributed by atoms with Crippen molar-refractivity contribution in [1.29, 1.82) is 0 Å². The molecule has 0 saturated carbocycles. The SMILES string of the molecule is Cc1nc(C)c(CC(=O)O)nc1C.[H-].[Li+]. The minimum Gasteiger partial charge on any atom is -1.00 e. The molecule has 1 aromatic rings. The van der Waals surface area contributed by atoms with Crippen molar-refractivity contribution in [3.8, 4) is 0 Å². The first-order valence-electron chi connectivity index (χ1n) is 4.03. The van der Waals surface area contributed by atoms with Crippen LogP contribution in [-0.2, 0) is 11.2 Å². The first-order valence-corrected chi connectivity index (χ1v) is 4.03. The van der Waals surface area contributed by atoms with Gasteiger partial charge in [0, 0.05) is 0 Å². The van der Waals surface area contributed by atoms with Crippen LogP contribution < -0.4 is 18.9 Å². The Bertz CT molecular complexity index is 358. The van der Waals surface area contributed by atoms with Gasteiger partial charge in [-0.25, -0.2) is 0 Å². The second-order valence-corrected chi connectivity index (χ2v) is 3.00. The number of aliphatic carboxylic acids is 1. The number of aromatic nitrogens is 2. The fourth-order valence-corrected chi connectivity index (χ4v) is 1.07. The van der Waals surface area contributed by atoms with Crippen LogP contribution in [0.15, 0.2) is 0 Å². The van der Waals surface area contributed by atoms with Crippen molar-refractivity contribution in [3.63, 3.8) is 0 Å². The summed E-state index contributed by atoms with van der Waals surface area (Å²) in [6, 6.07) is 0. The van der Waals surface area contributed by atoms with Gasteiger partial charge in [-0.1, -0.05) is 0 Å². The minimum absolute atomic E-state index is 0. The Morgan fingerprint density at radius 3 is 2.21 bits per heavy atom. The van der Waals surface area contributed by atoms with Crippen molar-refractivity contribution in [1.82, 2.24) is 9.97 Å². The summed E-state index contributed by atoms with van der Waals surface area (Å²) >= 11 is 0. The Balaban J connectivity index is 0. The van der Waals surface area contributed by atoms with Crippen molar-refractivity contribution < 1.29 is 30.2 Å². The zero-order chi connectivity index (χ0) is 10.0. The standard InChI is InChI=1S/C9H12N2O2.Li.H/c1-5-6(2)11-8(4-9(12)13)7(3)10-5;;/h4H2,1-3H3,(H,12,13);;/q;+1;-1. The number of carboxylic acids is 1. The van der Waals surface area contributed by atoms with Gasteiger partial charge in [0.1, 0.15) is 0 Å². The number of hydrogen-bond donors (Lipinski definition) is 1. The first-order chi connectivity index (χ1) is 6.00. The van der Waals surface area contributed by atoms with Crippen LogP contribution in [0.4, 0.5) is 0 Å². The number of carbonyl (C=O) groups is 1. The molecule has 0 aliphatic heterocycles. The van der Waals surface area contributed by atoms with E-state index in [1.54, 1.807) is 6.92 Å². The van der Waals surface area contributed by atoms with E-state index in [1.165, 1.54) is 0 Å². The Labute approximate surface area is 96.4 Å². The summed E-state index contributed by atoms with van der Waals surface area (Å²) < 4.78 is 0. The van der Waals surface area contributed by atoms with E-state index in [0.717, 1.165) is 11.4 Å². The fraction of sp³-hybridized carbons (Fsp3) is 0.444. The molecule has 0 aromatic carbocycles. The molecule has 0 saturated heterocycles. The Morgan fingerprint density at radius 2 is 1.71 bits per heavy atom. The molecular formula is C9H13LiN2O2. The van der Waals surface area contributed by atoms with Crippen LogP contribution in [0, 0.1) is 20.8 Å². The Morgan fingerprint density at radius 1 is 1.21 bits per heavy atom. The normalized spacial score (nSPS) is 9.36. The largest absolute Gasteiger partial charge is 1.00 e. The van der Waals surface area contributed by atoms with E-state index in [9.17, 15) is 4.79 Å². The molecule has 5 heteroatoms. The summed E-state index contributed by atoms with van der Waals surface area (Å²) in [6.07, 6.45) is -0.0556. The molecule has 0 aliphatic rings. The summed E-state index contributed by atoms with van der Waals surface area (Å²) in [4.78, 5) is 18.8. The Hall–Kier alpha value is -0.853. The average molecular weight is 188 g/mol. The maximum absolute atomic E-state index is 10.4. The molecule has 14 heavy (non-hydrogen) atoms. The molecule has 0 radical (unpaired) electrons. The summed E-state index contributed by atoms with van der Waals surface area (Å²) in [7, 11) is 0. The molecule has 1 N–H and O–H groups in total. The zero-order valence-corrected chi connectivity index (χ0v) is 8.96. The molecule has 4 nitrogen and oxygen atoms in total. The van der Waals surface area contributed by atoms with Crippen molar-refractivity contribution in [3.05, 3.63) is 22.8 Å². The van der Waals surface area contributed by atoms with Gasteiger partial charge in [-0.3, -0.25) is 14.8 Å². The van der Waals surface area contributed by atoms with Crippen molar-refractivity contribution in [2.75, 3.05) is 0 Å². The van der Waals surface area contributed by atoms with Gasteiger partial charge in [0.2, 0.25) is 0 Å².